The average Bonchev–Trinajstić information content (AvgIpc) is 3.09. The van der Waals surface area contributed by atoms with E-state index in [0.717, 1.165) is 31.2 Å². The van der Waals surface area contributed by atoms with Gasteiger partial charge in [0.2, 0.25) is 0 Å². The fraction of sp³-hybridized carbons (Fsp3) is 0.412. The SMILES string of the molecule is CCC1CCc2c(sc(NC(=O)c3ccc(C)o3)c2C(N)=O)C1. The predicted molar refractivity (Wildman–Crippen MR) is 90.0 cm³/mol. The van der Waals surface area contributed by atoms with Crippen molar-refractivity contribution in [2.45, 2.75) is 39.5 Å². The van der Waals surface area contributed by atoms with Crippen molar-refractivity contribution in [2.24, 2.45) is 11.7 Å². The summed E-state index contributed by atoms with van der Waals surface area (Å²) in [5, 5.41) is 3.34. The second kappa shape index (κ2) is 6.20. The average molecular weight is 332 g/mol. The molecular weight excluding hydrogens is 312 g/mol. The Morgan fingerprint density at radius 3 is 2.83 bits per heavy atom. The van der Waals surface area contributed by atoms with E-state index in [-0.39, 0.29) is 11.7 Å². The zero-order valence-corrected chi connectivity index (χ0v) is 14.1. The van der Waals surface area contributed by atoms with Gasteiger partial charge in [0.05, 0.1) is 5.56 Å². The maximum Gasteiger partial charge on any atom is 0.291 e. The number of primary amides is 1. The Bertz CT molecular complexity index is 760. The van der Waals surface area contributed by atoms with Crippen LogP contribution in [-0.4, -0.2) is 11.8 Å². The Hall–Kier alpha value is -2.08. The van der Waals surface area contributed by atoms with E-state index < -0.39 is 5.91 Å². The summed E-state index contributed by atoms with van der Waals surface area (Å²) < 4.78 is 5.33. The van der Waals surface area contributed by atoms with E-state index in [2.05, 4.69) is 12.2 Å². The summed E-state index contributed by atoms with van der Waals surface area (Å²) in [5.41, 5.74) is 7.04. The van der Waals surface area contributed by atoms with Crippen molar-refractivity contribution in [3.05, 3.63) is 39.7 Å². The van der Waals surface area contributed by atoms with Gasteiger partial charge in [-0.1, -0.05) is 13.3 Å². The highest BCUT2D eigenvalue weighted by atomic mass is 32.1. The van der Waals surface area contributed by atoms with E-state index in [0.29, 0.717) is 22.2 Å². The molecule has 3 N–H and O–H groups in total. The summed E-state index contributed by atoms with van der Waals surface area (Å²) >= 11 is 1.46. The normalized spacial score (nSPS) is 16.9. The first-order valence-electron chi connectivity index (χ1n) is 7.81. The molecule has 1 aliphatic rings. The largest absolute Gasteiger partial charge is 0.456 e. The Morgan fingerprint density at radius 2 is 2.22 bits per heavy atom. The van der Waals surface area contributed by atoms with Crippen LogP contribution in [0.5, 0.6) is 0 Å². The van der Waals surface area contributed by atoms with Gasteiger partial charge < -0.3 is 15.5 Å². The quantitative estimate of drug-likeness (QED) is 0.898. The number of nitrogens with one attached hydrogen (secondary N) is 1. The molecule has 0 aliphatic heterocycles. The third-order valence-electron chi connectivity index (χ3n) is 4.38. The monoisotopic (exact) mass is 332 g/mol. The van der Waals surface area contributed by atoms with Gasteiger partial charge in [-0.2, -0.15) is 0 Å². The minimum Gasteiger partial charge on any atom is -0.456 e. The van der Waals surface area contributed by atoms with Crippen LogP contribution >= 0.6 is 11.3 Å². The summed E-state index contributed by atoms with van der Waals surface area (Å²) in [7, 11) is 0. The molecule has 0 spiro atoms. The smallest absolute Gasteiger partial charge is 0.291 e. The first-order chi connectivity index (χ1) is 11.0. The number of amides is 2. The lowest BCUT2D eigenvalue weighted by atomic mass is 9.85. The van der Waals surface area contributed by atoms with Gasteiger partial charge in [0.15, 0.2) is 5.76 Å². The van der Waals surface area contributed by atoms with Crippen molar-refractivity contribution in [3.63, 3.8) is 0 Å². The first kappa shape index (κ1) is 15.8. The molecule has 5 nitrogen and oxygen atoms in total. The van der Waals surface area contributed by atoms with Gasteiger partial charge >= 0.3 is 0 Å². The minimum atomic E-state index is -0.483. The number of thiophene rings is 1. The molecule has 2 aromatic heterocycles. The van der Waals surface area contributed by atoms with E-state index in [1.807, 2.05) is 0 Å². The van der Waals surface area contributed by atoms with E-state index >= 15 is 0 Å². The van der Waals surface area contributed by atoms with Crippen LogP contribution in [0.1, 0.15) is 56.9 Å². The molecule has 0 bridgehead atoms. The van der Waals surface area contributed by atoms with Gasteiger partial charge in [0.25, 0.3) is 11.8 Å². The number of furan rings is 1. The van der Waals surface area contributed by atoms with Crippen LogP contribution in [-0.2, 0) is 12.8 Å². The maximum absolute atomic E-state index is 12.3. The summed E-state index contributed by atoms with van der Waals surface area (Å²) in [6, 6.07) is 3.35. The lowest BCUT2D eigenvalue weighted by Gasteiger charge is -2.20. The van der Waals surface area contributed by atoms with Gasteiger partial charge in [-0.15, -0.1) is 11.3 Å². The molecule has 0 aromatic carbocycles. The molecule has 3 rings (SSSR count). The van der Waals surface area contributed by atoms with E-state index in [1.165, 1.54) is 16.2 Å². The summed E-state index contributed by atoms with van der Waals surface area (Å²) in [5.74, 6) is 0.699. The third kappa shape index (κ3) is 3.03. The molecule has 0 saturated carbocycles. The lowest BCUT2D eigenvalue weighted by Crippen LogP contribution is -2.19. The highest BCUT2D eigenvalue weighted by Crippen LogP contribution is 2.40. The van der Waals surface area contributed by atoms with Crippen LogP contribution in [0.2, 0.25) is 0 Å². The number of hydrogen-bond donors (Lipinski definition) is 2. The molecule has 1 unspecified atom stereocenters. The maximum atomic E-state index is 12.3. The number of aryl methyl sites for hydroxylation is 1. The van der Waals surface area contributed by atoms with Crippen LogP contribution in [0.15, 0.2) is 16.5 Å². The zero-order valence-electron chi connectivity index (χ0n) is 13.3. The first-order valence-corrected chi connectivity index (χ1v) is 8.63. The highest BCUT2D eigenvalue weighted by Gasteiger charge is 2.28. The van der Waals surface area contributed by atoms with Crippen molar-refractivity contribution in [1.82, 2.24) is 0 Å². The zero-order chi connectivity index (χ0) is 16.6. The van der Waals surface area contributed by atoms with Crippen LogP contribution in [0.4, 0.5) is 5.00 Å². The molecule has 1 aliphatic carbocycles. The van der Waals surface area contributed by atoms with Gasteiger partial charge in [0.1, 0.15) is 10.8 Å². The Labute approximate surface area is 138 Å². The van der Waals surface area contributed by atoms with Crippen molar-refractivity contribution in [3.8, 4) is 0 Å². The summed E-state index contributed by atoms with van der Waals surface area (Å²) in [6.45, 7) is 3.96. The number of nitrogens with two attached hydrogens (primary N) is 1. The van der Waals surface area contributed by atoms with Gasteiger partial charge in [-0.25, -0.2) is 0 Å². The van der Waals surface area contributed by atoms with E-state index in [9.17, 15) is 9.59 Å². The number of rotatable bonds is 4. The van der Waals surface area contributed by atoms with Crippen molar-refractivity contribution < 1.29 is 14.0 Å². The number of anilines is 1. The minimum absolute atomic E-state index is 0.232. The molecule has 0 saturated heterocycles. The van der Waals surface area contributed by atoms with Gasteiger partial charge in [-0.3, -0.25) is 9.59 Å². The molecule has 2 amide bonds. The third-order valence-corrected chi connectivity index (χ3v) is 5.55. The fourth-order valence-electron chi connectivity index (χ4n) is 3.07. The Kier molecular flexibility index (Phi) is 4.26. The van der Waals surface area contributed by atoms with E-state index in [1.54, 1.807) is 19.1 Å². The molecule has 1 atom stereocenters. The molecule has 2 aromatic rings. The lowest BCUT2D eigenvalue weighted by molar-refractivity contribution is 0.0996. The summed E-state index contributed by atoms with van der Waals surface area (Å²) in [6.07, 6.45) is 3.98. The Balaban J connectivity index is 1.91. The second-order valence-corrected chi connectivity index (χ2v) is 7.06. The topological polar surface area (TPSA) is 85.3 Å². The molecule has 0 radical (unpaired) electrons. The number of hydrogen-bond acceptors (Lipinski definition) is 4. The molecule has 2 heterocycles. The van der Waals surface area contributed by atoms with Crippen LogP contribution in [0.3, 0.4) is 0 Å². The van der Waals surface area contributed by atoms with Crippen LogP contribution < -0.4 is 11.1 Å². The standard InChI is InChI=1S/C17H20N2O3S/c1-3-10-5-6-11-13(8-10)23-17(14(11)15(18)20)19-16(21)12-7-4-9(2)22-12/h4,7,10H,3,5-6,8H2,1-2H3,(H2,18,20)(H,19,21). The number of fused-ring (bicyclic) bond motifs is 1. The number of carbonyl (C=O) groups excluding carboxylic acids is 2. The summed E-state index contributed by atoms with van der Waals surface area (Å²) in [4.78, 5) is 25.3. The van der Waals surface area contributed by atoms with Gasteiger partial charge in [-0.05, 0) is 49.8 Å². The fourth-order valence-corrected chi connectivity index (χ4v) is 4.43. The predicted octanol–water partition coefficient (Wildman–Crippen LogP) is 3.52. The molecular formula is C17H20N2O3S. The molecule has 122 valence electrons. The van der Waals surface area contributed by atoms with Gasteiger partial charge in [0, 0.05) is 4.88 Å². The highest BCUT2D eigenvalue weighted by molar-refractivity contribution is 7.17. The van der Waals surface area contributed by atoms with Crippen LogP contribution in [0, 0.1) is 12.8 Å². The van der Waals surface area contributed by atoms with Crippen molar-refractivity contribution >= 4 is 28.2 Å². The molecule has 23 heavy (non-hydrogen) atoms. The molecule has 6 heteroatoms. The van der Waals surface area contributed by atoms with Crippen molar-refractivity contribution in [1.29, 1.82) is 0 Å². The van der Waals surface area contributed by atoms with E-state index in [4.69, 9.17) is 10.2 Å². The molecule has 0 fully saturated rings. The number of carbonyl (C=O) groups is 2. The van der Waals surface area contributed by atoms with Crippen LogP contribution in [0.25, 0.3) is 0 Å². The second-order valence-electron chi connectivity index (χ2n) is 5.95. The Morgan fingerprint density at radius 1 is 1.43 bits per heavy atom. The van der Waals surface area contributed by atoms with Crippen molar-refractivity contribution in [2.75, 3.05) is 5.32 Å².